The van der Waals surface area contributed by atoms with Gasteiger partial charge in [-0.1, -0.05) is 30.7 Å². The van der Waals surface area contributed by atoms with Gasteiger partial charge in [0.1, 0.15) is 5.54 Å². The zero-order valence-corrected chi connectivity index (χ0v) is 12.3. The summed E-state index contributed by atoms with van der Waals surface area (Å²) in [4.78, 5) is 23.8. The van der Waals surface area contributed by atoms with Crippen LogP contribution in [0.15, 0.2) is 24.3 Å². The maximum Gasteiger partial charge on any atom is 0.329 e. The molecule has 0 aromatic heterocycles. The third-order valence-electron chi connectivity index (χ3n) is 4.15. The average molecular weight is 296 g/mol. The van der Waals surface area contributed by atoms with Crippen LogP contribution in [0.1, 0.15) is 38.7 Å². The SMILES string of the molecule is CCC(C)(NC(=O)C1(c2ccc(Cl)cc2)CC1)C(=O)O. The third-order valence-corrected chi connectivity index (χ3v) is 4.40. The maximum absolute atomic E-state index is 12.5. The molecule has 108 valence electrons. The van der Waals surface area contributed by atoms with Crippen LogP contribution >= 0.6 is 11.6 Å². The molecule has 1 aromatic rings. The van der Waals surface area contributed by atoms with E-state index in [1.54, 1.807) is 19.1 Å². The summed E-state index contributed by atoms with van der Waals surface area (Å²) in [5.41, 5.74) is -0.918. The lowest BCUT2D eigenvalue weighted by molar-refractivity contribution is -0.147. The quantitative estimate of drug-likeness (QED) is 0.878. The van der Waals surface area contributed by atoms with Crippen LogP contribution in [0.3, 0.4) is 0 Å². The molecule has 1 aliphatic carbocycles. The summed E-state index contributed by atoms with van der Waals surface area (Å²) in [6.07, 6.45) is 1.81. The molecule has 4 nitrogen and oxygen atoms in total. The van der Waals surface area contributed by atoms with E-state index >= 15 is 0 Å². The molecule has 2 N–H and O–H groups in total. The number of carbonyl (C=O) groups is 2. The van der Waals surface area contributed by atoms with Crippen LogP contribution < -0.4 is 5.32 Å². The highest BCUT2D eigenvalue weighted by molar-refractivity contribution is 6.30. The number of hydrogen-bond acceptors (Lipinski definition) is 2. The largest absolute Gasteiger partial charge is 0.480 e. The molecule has 0 spiro atoms. The van der Waals surface area contributed by atoms with Gasteiger partial charge in [0, 0.05) is 5.02 Å². The van der Waals surface area contributed by atoms with E-state index in [9.17, 15) is 14.7 Å². The maximum atomic E-state index is 12.5. The minimum absolute atomic E-state index is 0.216. The topological polar surface area (TPSA) is 66.4 Å². The molecule has 1 aromatic carbocycles. The van der Waals surface area contributed by atoms with E-state index in [1.165, 1.54) is 6.92 Å². The van der Waals surface area contributed by atoms with E-state index in [2.05, 4.69) is 5.32 Å². The number of carbonyl (C=O) groups excluding carboxylic acids is 1. The number of hydrogen-bond donors (Lipinski definition) is 2. The first-order valence-electron chi connectivity index (χ1n) is 6.66. The van der Waals surface area contributed by atoms with E-state index in [0.717, 1.165) is 18.4 Å². The number of benzene rings is 1. The Labute approximate surface area is 123 Å². The molecule has 2 rings (SSSR count). The number of carboxylic acids is 1. The number of halogens is 1. The number of carboxylic acid groups (broad SMARTS) is 1. The number of aliphatic carboxylic acids is 1. The van der Waals surface area contributed by atoms with E-state index in [4.69, 9.17) is 11.6 Å². The molecule has 1 aliphatic rings. The normalized spacial score (nSPS) is 18.9. The number of rotatable bonds is 5. The molecule has 0 aliphatic heterocycles. The third kappa shape index (κ3) is 2.52. The fourth-order valence-electron chi connectivity index (χ4n) is 2.20. The Hall–Kier alpha value is -1.55. The minimum Gasteiger partial charge on any atom is -0.480 e. The summed E-state index contributed by atoms with van der Waals surface area (Å²) < 4.78 is 0. The van der Waals surface area contributed by atoms with Gasteiger partial charge in [-0.05, 0) is 43.9 Å². The predicted molar refractivity (Wildman–Crippen MR) is 76.8 cm³/mol. The molecular weight excluding hydrogens is 278 g/mol. The lowest BCUT2D eigenvalue weighted by atomic mass is 9.92. The smallest absolute Gasteiger partial charge is 0.329 e. The van der Waals surface area contributed by atoms with Crippen molar-refractivity contribution in [1.82, 2.24) is 5.32 Å². The van der Waals surface area contributed by atoms with Crippen molar-refractivity contribution in [3.8, 4) is 0 Å². The van der Waals surface area contributed by atoms with E-state index in [-0.39, 0.29) is 5.91 Å². The summed E-state index contributed by atoms with van der Waals surface area (Å²) >= 11 is 5.85. The van der Waals surface area contributed by atoms with Crippen molar-refractivity contribution >= 4 is 23.5 Å². The van der Waals surface area contributed by atoms with Gasteiger partial charge in [0.25, 0.3) is 0 Å². The first-order valence-corrected chi connectivity index (χ1v) is 7.04. The molecule has 0 saturated heterocycles. The van der Waals surface area contributed by atoms with Gasteiger partial charge in [-0.3, -0.25) is 4.79 Å². The van der Waals surface area contributed by atoms with E-state index in [0.29, 0.717) is 11.4 Å². The zero-order valence-electron chi connectivity index (χ0n) is 11.6. The van der Waals surface area contributed by atoms with Crippen LogP contribution in [0.25, 0.3) is 0 Å². The summed E-state index contributed by atoms with van der Waals surface area (Å²) in [6, 6.07) is 7.17. The van der Waals surface area contributed by atoms with Gasteiger partial charge >= 0.3 is 5.97 Å². The molecule has 0 heterocycles. The van der Waals surface area contributed by atoms with Crippen molar-refractivity contribution in [1.29, 1.82) is 0 Å². The number of nitrogens with one attached hydrogen (secondary N) is 1. The van der Waals surface area contributed by atoms with Crippen molar-refractivity contribution in [2.75, 3.05) is 0 Å². The van der Waals surface area contributed by atoms with E-state index in [1.807, 2.05) is 12.1 Å². The lowest BCUT2D eigenvalue weighted by Crippen LogP contribution is -2.54. The van der Waals surface area contributed by atoms with Crippen LogP contribution in [-0.2, 0) is 15.0 Å². The van der Waals surface area contributed by atoms with Gasteiger partial charge in [-0.15, -0.1) is 0 Å². The molecule has 0 bridgehead atoms. The minimum atomic E-state index is -1.22. The Bertz CT molecular complexity index is 537. The molecule has 0 radical (unpaired) electrons. The average Bonchev–Trinajstić information content (AvgIpc) is 3.20. The Morgan fingerprint density at radius 2 is 1.90 bits per heavy atom. The standard InChI is InChI=1S/C15H18ClNO3/c1-3-14(2,13(19)20)17-12(18)15(8-9-15)10-4-6-11(16)7-5-10/h4-7H,3,8-9H2,1-2H3,(H,17,18)(H,19,20). The lowest BCUT2D eigenvalue weighted by Gasteiger charge is -2.27. The Morgan fingerprint density at radius 3 is 2.30 bits per heavy atom. The highest BCUT2D eigenvalue weighted by Crippen LogP contribution is 2.48. The first kappa shape index (κ1) is 14.9. The van der Waals surface area contributed by atoms with Gasteiger partial charge in [0.05, 0.1) is 5.41 Å². The summed E-state index contributed by atoms with van der Waals surface area (Å²) in [7, 11) is 0. The first-order chi connectivity index (χ1) is 9.34. The van der Waals surface area contributed by atoms with Crippen molar-refractivity contribution in [2.24, 2.45) is 0 Å². The molecule has 1 unspecified atom stereocenters. The van der Waals surface area contributed by atoms with Crippen LogP contribution in [-0.4, -0.2) is 22.5 Å². The number of amides is 1. The Morgan fingerprint density at radius 1 is 1.35 bits per heavy atom. The molecule has 1 fully saturated rings. The molecule has 1 atom stereocenters. The zero-order chi connectivity index (χ0) is 15.0. The van der Waals surface area contributed by atoms with Gasteiger partial charge in [0.15, 0.2) is 0 Å². The van der Waals surface area contributed by atoms with Crippen LogP contribution in [0.4, 0.5) is 0 Å². The van der Waals surface area contributed by atoms with Crippen molar-refractivity contribution in [3.63, 3.8) is 0 Å². The molecule has 1 amide bonds. The summed E-state index contributed by atoms with van der Waals surface area (Å²) in [5, 5.41) is 12.5. The second kappa shape index (κ2) is 5.09. The second-order valence-electron chi connectivity index (χ2n) is 5.53. The van der Waals surface area contributed by atoms with Gasteiger partial charge in [-0.25, -0.2) is 4.79 Å². The monoisotopic (exact) mass is 295 g/mol. The van der Waals surface area contributed by atoms with Crippen molar-refractivity contribution < 1.29 is 14.7 Å². The van der Waals surface area contributed by atoms with Gasteiger partial charge in [-0.2, -0.15) is 0 Å². The Kier molecular flexibility index (Phi) is 3.78. The van der Waals surface area contributed by atoms with Crippen LogP contribution in [0, 0.1) is 0 Å². The van der Waals surface area contributed by atoms with Crippen molar-refractivity contribution in [3.05, 3.63) is 34.9 Å². The van der Waals surface area contributed by atoms with E-state index < -0.39 is 16.9 Å². The van der Waals surface area contributed by atoms with Crippen molar-refractivity contribution in [2.45, 2.75) is 44.1 Å². The molecule has 20 heavy (non-hydrogen) atoms. The second-order valence-corrected chi connectivity index (χ2v) is 5.97. The molecule has 1 saturated carbocycles. The fraction of sp³-hybridized carbons (Fsp3) is 0.467. The van der Waals surface area contributed by atoms with Gasteiger partial charge < -0.3 is 10.4 Å². The van der Waals surface area contributed by atoms with Gasteiger partial charge in [0.2, 0.25) is 5.91 Å². The van der Waals surface area contributed by atoms with Crippen LogP contribution in [0.2, 0.25) is 5.02 Å². The Balaban J connectivity index is 2.21. The highest BCUT2D eigenvalue weighted by Gasteiger charge is 2.53. The predicted octanol–water partition coefficient (Wildman–Crippen LogP) is 2.74. The molecule has 5 heteroatoms. The molecular formula is C15H18ClNO3. The highest BCUT2D eigenvalue weighted by atomic mass is 35.5. The van der Waals surface area contributed by atoms with Crippen LogP contribution in [0.5, 0.6) is 0 Å². The summed E-state index contributed by atoms with van der Waals surface area (Å²) in [6.45, 7) is 3.28. The summed E-state index contributed by atoms with van der Waals surface area (Å²) in [5.74, 6) is -1.23. The fourth-order valence-corrected chi connectivity index (χ4v) is 2.33.